The van der Waals surface area contributed by atoms with Crippen molar-refractivity contribution in [2.75, 3.05) is 7.11 Å². The number of pyridine rings is 1. The first-order chi connectivity index (χ1) is 8.06. The lowest BCUT2D eigenvalue weighted by Crippen LogP contribution is -2.25. The standard InChI is InChI=1S/C11H9ClN2O3/c1-6-4-3-5-14-9(6)13-8(12)7(10(14)15)11(16)17-2/h3-5H,1-2H3. The molecule has 2 aromatic heterocycles. The van der Waals surface area contributed by atoms with Gasteiger partial charge in [0.15, 0.2) is 10.7 Å². The molecule has 0 N–H and O–H groups in total. The average molecular weight is 253 g/mol. The molecule has 0 spiro atoms. The van der Waals surface area contributed by atoms with E-state index >= 15 is 0 Å². The Morgan fingerprint density at radius 2 is 2.24 bits per heavy atom. The smallest absolute Gasteiger partial charge is 0.346 e. The van der Waals surface area contributed by atoms with E-state index in [1.807, 2.05) is 0 Å². The molecule has 0 saturated carbocycles. The Labute approximate surface area is 102 Å². The number of fused-ring (bicyclic) bond motifs is 1. The van der Waals surface area contributed by atoms with Crippen molar-refractivity contribution in [1.82, 2.24) is 9.38 Å². The Balaban J connectivity index is 2.91. The number of aryl methyl sites for hydroxylation is 1. The van der Waals surface area contributed by atoms with Crippen molar-refractivity contribution in [1.29, 1.82) is 0 Å². The highest BCUT2D eigenvalue weighted by atomic mass is 35.5. The summed E-state index contributed by atoms with van der Waals surface area (Å²) in [7, 11) is 1.18. The van der Waals surface area contributed by atoms with Gasteiger partial charge in [0.25, 0.3) is 5.56 Å². The molecule has 17 heavy (non-hydrogen) atoms. The van der Waals surface area contributed by atoms with Crippen LogP contribution in [0.1, 0.15) is 15.9 Å². The van der Waals surface area contributed by atoms with Gasteiger partial charge in [-0.25, -0.2) is 9.78 Å². The molecule has 2 heterocycles. The molecule has 0 aliphatic heterocycles. The molecule has 6 heteroatoms. The van der Waals surface area contributed by atoms with Gasteiger partial charge in [0.2, 0.25) is 0 Å². The van der Waals surface area contributed by atoms with E-state index in [-0.39, 0.29) is 10.7 Å². The van der Waals surface area contributed by atoms with Gasteiger partial charge in [0, 0.05) is 6.20 Å². The molecule has 0 amide bonds. The fourth-order valence-corrected chi connectivity index (χ4v) is 1.78. The zero-order chi connectivity index (χ0) is 12.6. The number of hydrogen-bond donors (Lipinski definition) is 0. The molecule has 0 fully saturated rings. The Morgan fingerprint density at radius 1 is 1.53 bits per heavy atom. The third-order valence-electron chi connectivity index (χ3n) is 2.39. The summed E-state index contributed by atoms with van der Waals surface area (Å²) in [4.78, 5) is 27.5. The van der Waals surface area contributed by atoms with Gasteiger partial charge in [-0.05, 0) is 18.6 Å². The molecule has 0 unspecified atom stereocenters. The van der Waals surface area contributed by atoms with Crippen LogP contribution in [0.15, 0.2) is 23.1 Å². The predicted octanol–water partition coefficient (Wildman–Crippen LogP) is 1.44. The van der Waals surface area contributed by atoms with Crippen LogP contribution in [0.4, 0.5) is 0 Å². The van der Waals surface area contributed by atoms with E-state index in [4.69, 9.17) is 11.6 Å². The second-order valence-corrected chi connectivity index (χ2v) is 3.82. The summed E-state index contributed by atoms with van der Waals surface area (Å²) in [6.45, 7) is 1.80. The van der Waals surface area contributed by atoms with E-state index in [0.29, 0.717) is 5.65 Å². The minimum atomic E-state index is -0.789. The molecular formula is C11H9ClN2O3. The van der Waals surface area contributed by atoms with E-state index in [9.17, 15) is 9.59 Å². The fraction of sp³-hybridized carbons (Fsp3) is 0.182. The van der Waals surface area contributed by atoms with Gasteiger partial charge in [0.1, 0.15) is 5.65 Å². The number of hydrogen-bond acceptors (Lipinski definition) is 4. The molecule has 2 rings (SSSR count). The number of methoxy groups -OCH3 is 1. The zero-order valence-corrected chi connectivity index (χ0v) is 9.99. The van der Waals surface area contributed by atoms with Crippen molar-refractivity contribution in [3.05, 3.63) is 45.0 Å². The van der Waals surface area contributed by atoms with E-state index in [1.54, 1.807) is 19.1 Å². The topological polar surface area (TPSA) is 60.7 Å². The first-order valence-corrected chi connectivity index (χ1v) is 5.20. The Morgan fingerprint density at radius 3 is 2.88 bits per heavy atom. The minimum absolute atomic E-state index is 0.142. The second-order valence-electron chi connectivity index (χ2n) is 3.46. The van der Waals surface area contributed by atoms with Crippen LogP contribution in [0, 0.1) is 6.92 Å². The van der Waals surface area contributed by atoms with Crippen LogP contribution in [-0.4, -0.2) is 22.5 Å². The van der Waals surface area contributed by atoms with Crippen molar-refractivity contribution in [3.8, 4) is 0 Å². The predicted molar refractivity (Wildman–Crippen MR) is 62.5 cm³/mol. The Hall–Kier alpha value is -1.88. The number of ether oxygens (including phenoxy) is 1. The van der Waals surface area contributed by atoms with E-state index in [1.165, 1.54) is 17.7 Å². The van der Waals surface area contributed by atoms with Crippen LogP contribution >= 0.6 is 11.6 Å². The van der Waals surface area contributed by atoms with Crippen LogP contribution < -0.4 is 5.56 Å². The number of rotatable bonds is 1. The molecule has 0 aliphatic rings. The normalized spacial score (nSPS) is 10.5. The quantitative estimate of drug-likeness (QED) is 0.569. The zero-order valence-electron chi connectivity index (χ0n) is 9.23. The summed E-state index contributed by atoms with van der Waals surface area (Å²) in [5.74, 6) is -0.789. The van der Waals surface area contributed by atoms with Crippen molar-refractivity contribution in [2.24, 2.45) is 0 Å². The van der Waals surface area contributed by atoms with Crippen LogP contribution in [0.5, 0.6) is 0 Å². The van der Waals surface area contributed by atoms with Crippen molar-refractivity contribution in [2.45, 2.75) is 6.92 Å². The monoisotopic (exact) mass is 252 g/mol. The van der Waals surface area contributed by atoms with Crippen molar-refractivity contribution in [3.63, 3.8) is 0 Å². The molecule has 2 aromatic rings. The van der Waals surface area contributed by atoms with Gasteiger partial charge in [-0.3, -0.25) is 9.20 Å². The fourth-order valence-electron chi connectivity index (χ4n) is 1.55. The lowest BCUT2D eigenvalue weighted by atomic mass is 10.2. The molecule has 88 valence electrons. The SMILES string of the molecule is COC(=O)c1c(Cl)nc2c(C)cccn2c1=O. The maximum absolute atomic E-state index is 12.0. The molecule has 0 aromatic carbocycles. The lowest BCUT2D eigenvalue weighted by molar-refractivity contribution is 0.0598. The Bertz CT molecular complexity index is 664. The Kier molecular flexibility index (Phi) is 2.85. The second kappa shape index (κ2) is 4.18. The molecule has 0 saturated heterocycles. The number of carbonyl (C=O) groups is 1. The van der Waals surface area contributed by atoms with E-state index in [0.717, 1.165) is 5.56 Å². The highest BCUT2D eigenvalue weighted by Gasteiger charge is 2.19. The van der Waals surface area contributed by atoms with Crippen LogP contribution in [0.3, 0.4) is 0 Å². The summed E-state index contributed by atoms with van der Waals surface area (Å²) in [5.41, 5.74) is 0.436. The maximum Gasteiger partial charge on any atom is 0.346 e. The van der Waals surface area contributed by atoms with Crippen molar-refractivity contribution >= 4 is 23.2 Å². The molecule has 0 aliphatic carbocycles. The molecule has 5 nitrogen and oxygen atoms in total. The van der Waals surface area contributed by atoms with Gasteiger partial charge in [-0.1, -0.05) is 17.7 Å². The third-order valence-corrected chi connectivity index (χ3v) is 2.67. The third kappa shape index (κ3) is 1.78. The van der Waals surface area contributed by atoms with Crippen molar-refractivity contribution < 1.29 is 9.53 Å². The van der Waals surface area contributed by atoms with E-state index in [2.05, 4.69) is 9.72 Å². The number of halogens is 1. The maximum atomic E-state index is 12.0. The van der Waals surface area contributed by atoms with Crippen LogP contribution in [0.2, 0.25) is 5.15 Å². The summed E-state index contributed by atoms with van der Waals surface area (Å²) in [6.07, 6.45) is 1.53. The lowest BCUT2D eigenvalue weighted by Gasteiger charge is -2.06. The number of carbonyl (C=O) groups excluding carboxylic acids is 1. The highest BCUT2D eigenvalue weighted by molar-refractivity contribution is 6.32. The molecule has 0 bridgehead atoms. The molecule has 0 radical (unpaired) electrons. The first-order valence-electron chi connectivity index (χ1n) is 4.82. The van der Waals surface area contributed by atoms with Crippen LogP contribution in [0.25, 0.3) is 5.65 Å². The van der Waals surface area contributed by atoms with Gasteiger partial charge in [-0.2, -0.15) is 0 Å². The van der Waals surface area contributed by atoms with Gasteiger partial charge in [0.05, 0.1) is 7.11 Å². The average Bonchev–Trinajstić information content (AvgIpc) is 2.30. The van der Waals surface area contributed by atoms with Gasteiger partial charge in [-0.15, -0.1) is 0 Å². The number of nitrogens with zero attached hydrogens (tertiary/aromatic N) is 2. The summed E-state index contributed by atoms with van der Waals surface area (Å²) in [5, 5.41) is -0.142. The number of esters is 1. The first kappa shape index (κ1) is 11.6. The molecule has 0 atom stereocenters. The van der Waals surface area contributed by atoms with Crippen LogP contribution in [-0.2, 0) is 4.74 Å². The van der Waals surface area contributed by atoms with Gasteiger partial charge >= 0.3 is 5.97 Å². The summed E-state index contributed by atoms with van der Waals surface area (Å²) < 4.78 is 5.77. The summed E-state index contributed by atoms with van der Waals surface area (Å²) in [6, 6.07) is 3.50. The van der Waals surface area contributed by atoms with Gasteiger partial charge < -0.3 is 4.74 Å². The molecular weight excluding hydrogens is 244 g/mol. The summed E-state index contributed by atoms with van der Waals surface area (Å²) >= 11 is 5.83. The highest BCUT2D eigenvalue weighted by Crippen LogP contribution is 2.13. The van der Waals surface area contributed by atoms with E-state index < -0.39 is 11.5 Å². The minimum Gasteiger partial charge on any atom is -0.465 e. The number of aromatic nitrogens is 2. The largest absolute Gasteiger partial charge is 0.465 e.